The van der Waals surface area contributed by atoms with Gasteiger partial charge in [-0.25, -0.2) is 4.98 Å². The highest BCUT2D eigenvalue weighted by atomic mass is 35.5. The van der Waals surface area contributed by atoms with Gasteiger partial charge in [0.15, 0.2) is 5.65 Å². The number of hydrogen-bond donors (Lipinski definition) is 1. The van der Waals surface area contributed by atoms with Gasteiger partial charge in [-0.15, -0.1) is 24.8 Å². The summed E-state index contributed by atoms with van der Waals surface area (Å²) in [5.41, 5.74) is 9.86. The molecule has 0 saturated carbocycles. The van der Waals surface area contributed by atoms with Gasteiger partial charge in [0.1, 0.15) is 0 Å². The van der Waals surface area contributed by atoms with Crippen molar-refractivity contribution < 1.29 is 4.79 Å². The van der Waals surface area contributed by atoms with Crippen LogP contribution in [0.5, 0.6) is 0 Å². The maximum absolute atomic E-state index is 13.5. The van der Waals surface area contributed by atoms with Gasteiger partial charge < -0.3 is 10.6 Å². The molecule has 2 aromatic heterocycles. The molecular formula is C21H27Cl2N5O. The van der Waals surface area contributed by atoms with Gasteiger partial charge in [0.25, 0.3) is 5.91 Å². The minimum atomic E-state index is 0. The maximum Gasteiger partial charge on any atom is 0.255 e. The number of rotatable bonds is 3. The molecule has 2 N–H and O–H groups in total. The van der Waals surface area contributed by atoms with Crippen molar-refractivity contribution in [3.63, 3.8) is 0 Å². The second-order valence-electron chi connectivity index (χ2n) is 7.47. The lowest BCUT2D eigenvalue weighted by atomic mass is 10.0. The molecule has 0 radical (unpaired) electrons. The van der Waals surface area contributed by atoms with Gasteiger partial charge in [-0.2, -0.15) is 5.10 Å². The molecule has 1 aromatic carbocycles. The Labute approximate surface area is 183 Å². The third kappa shape index (κ3) is 4.10. The van der Waals surface area contributed by atoms with Crippen LogP contribution in [0.1, 0.15) is 29.4 Å². The van der Waals surface area contributed by atoms with Crippen molar-refractivity contribution in [1.29, 1.82) is 0 Å². The predicted molar refractivity (Wildman–Crippen MR) is 121 cm³/mol. The van der Waals surface area contributed by atoms with E-state index in [1.807, 2.05) is 55.3 Å². The molecule has 3 heterocycles. The van der Waals surface area contributed by atoms with Crippen LogP contribution < -0.4 is 5.73 Å². The smallest absolute Gasteiger partial charge is 0.255 e. The number of fused-ring (bicyclic) bond motifs is 1. The SMILES string of the molecule is Cc1nn(C)c2nc(-c3ccccc3)cc(C(=O)N3CC(CN)CC3C)c12.Cl.Cl. The number of hydrogen-bond acceptors (Lipinski definition) is 4. The predicted octanol–water partition coefficient (Wildman–Crippen LogP) is 3.60. The highest BCUT2D eigenvalue weighted by Crippen LogP contribution is 2.30. The molecule has 3 aromatic rings. The highest BCUT2D eigenvalue weighted by molar-refractivity contribution is 6.07. The van der Waals surface area contributed by atoms with E-state index in [2.05, 4.69) is 12.0 Å². The molecule has 1 fully saturated rings. The Bertz CT molecular complexity index is 1010. The van der Waals surface area contributed by atoms with Crippen LogP contribution in [0.2, 0.25) is 0 Å². The van der Waals surface area contributed by atoms with Crippen LogP contribution >= 0.6 is 24.8 Å². The summed E-state index contributed by atoms with van der Waals surface area (Å²) < 4.78 is 1.75. The molecule has 1 aliphatic heterocycles. The fourth-order valence-corrected chi connectivity index (χ4v) is 4.12. The summed E-state index contributed by atoms with van der Waals surface area (Å²) in [4.78, 5) is 20.2. The lowest BCUT2D eigenvalue weighted by Crippen LogP contribution is -2.34. The van der Waals surface area contributed by atoms with E-state index in [0.717, 1.165) is 34.4 Å². The van der Waals surface area contributed by atoms with E-state index in [0.29, 0.717) is 24.6 Å². The maximum atomic E-state index is 13.5. The Morgan fingerprint density at radius 1 is 1.24 bits per heavy atom. The van der Waals surface area contributed by atoms with Crippen LogP contribution in [0.15, 0.2) is 36.4 Å². The molecule has 2 unspecified atom stereocenters. The third-order valence-corrected chi connectivity index (χ3v) is 5.52. The highest BCUT2D eigenvalue weighted by Gasteiger charge is 2.33. The van der Waals surface area contributed by atoms with E-state index >= 15 is 0 Å². The number of pyridine rings is 1. The number of amides is 1. The molecule has 1 saturated heterocycles. The van der Waals surface area contributed by atoms with Gasteiger partial charge in [-0.3, -0.25) is 9.48 Å². The zero-order chi connectivity index (χ0) is 19.1. The average molecular weight is 436 g/mol. The third-order valence-electron chi connectivity index (χ3n) is 5.52. The summed E-state index contributed by atoms with van der Waals surface area (Å²) in [5, 5.41) is 5.35. The second-order valence-corrected chi connectivity index (χ2v) is 7.47. The number of nitrogens with zero attached hydrogens (tertiary/aromatic N) is 4. The summed E-state index contributed by atoms with van der Waals surface area (Å²) in [7, 11) is 1.87. The number of carbonyl (C=O) groups excluding carboxylic acids is 1. The fraction of sp³-hybridized carbons (Fsp3) is 0.381. The van der Waals surface area contributed by atoms with Crippen molar-refractivity contribution in [3.05, 3.63) is 47.7 Å². The minimum Gasteiger partial charge on any atom is -0.336 e. The van der Waals surface area contributed by atoms with Crippen molar-refractivity contribution in [3.8, 4) is 11.3 Å². The average Bonchev–Trinajstić information content (AvgIpc) is 3.20. The van der Waals surface area contributed by atoms with E-state index in [4.69, 9.17) is 10.7 Å². The Kier molecular flexibility index (Phi) is 7.27. The Morgan fingerprint density at radius 2 is 1.93 bits per heavy atom. The van der Waals surface area contributed by atoms with Crippen LogP contribution in [0, 0.1) is 12.8 Å². The Hall–Kier alpha value is -2.15. The topological polar surface area (TPSA) is 77.0 Å². The molecule has 29 heavy (non-hydrogen) atoms. The van der Waals surface area contributed by atoms with Gasteiger partial charge in [-0.05, 0) is 38.8 Å². The molecule has 156 valence electrons. The normalized spacial score (nSPS) is 18.4. The van der Waals surface area contributed by atoms with Gasteiger partial charge in [0.2, 0.25) is 0 Å². The molecule has 1 aliphatic rings. The summed E-state index contributed by atoms with van der Waals surface area (Å²) >= 11 is 0. The number of benzene rings is 1. The number of likely N-dealkylation sites (tertiary alicyclic amines) is 1. The molecule has 0 spiro atoms. The minimum absolute atomic E-state index is 0. The number of halogens is 2. The van der Waals surface area contributed by atoms with Crippen LogP contribution in [-0.2, 0) is 7.05 Å². The molecule has 4 rings (SSSR count). The van der Waals surface area contributed by atoms with Gasteiger partial charge in [0, 0.05) is 25.2 Å². The first-order chi connectivity index (χ1) is 13.0. The first kappa shape index (κ1) is 23.1. The molecule has 1 amide bonds. The summed E-state index contributed by atoms with van der Waals surface area (Å²) in [6.45, 7) is 5.35. The summed E-state index contributed by atoms with van der Waals surface area (Å²) in [6.07, 6.45) is 0.952. The van der Waals surface area contributed by atoms with Gasteiger partial charge in [0.05, 0.1) is 22.3 Å². The van der Waals surface area contributed by atoms with E-state index in [9.17, 15) is 4.79 Å². The van der Waals surface area contributed by atoms with Crippen molar-refractivity contribution in [2.75, 3.05) is 13.1 Å². The second kappa shape index (κ2) is 9.11. The lowest BCUT2D eigenvalue weighted by molar-refractivity contribution is 0.0745. The molecular weight excluding hydrogens is 409 g/mol. The molecule has 6 nitrogen and oxygen atoms in total. The van der Waals surface area contributed by atoms with E-state index in [1.165, 1.54) is 0 Å². The number of aryl methyl sites for hydroxylation is 2. The lowest BCUT2D eigenvalue weighted by Gasteiger charge is -2.22. The first-order valence-corrected chi connectivity index (χ1v) is 9.40. The fourth-order valence-electron chi connectivity index (χ4n) is 4.12. The van der Waals surface area contributed by atoms with E-state index < -0.39 is 0 Å². The van der Waals surface area contributed by atoms with Crippen molar-refractivity contribution in [2.45, 2.75) is 26.3 Å². The summed E-state index contributed by atoms with van der Waals surface area (Å²) in [6, 6.07) is 12.0. The van der Waals surface area contributed by atoms with Crippen molar-refractivity contribution in [1.82, 2.24) is 19.7 Å². The van der Waals surface area contributed by atoms with Crippen LogP contribution in [-0.4, -0.2) is 44.7 Å². The number of aromatic nitrogens is 3. The van der Waals surface area contributed by atoms with Gasteiger partial charge in [-0.1, -0.05) is 30.3 Å². The number of nitrogens with two attached hydrogens (primary N) is 1. The number of carbonyl (C=O) groups is 1. The Morgan fingerprint density at radius 3 is 2.55 bits per heavy atom. The van der Waals surface area contributed by atoms with Crippen molar-refractivity contribution in [2.24, 2.45) is 18.7 Å². The zero-order valence-corrected chi connectivity index (χ0v) is 18.5. The monoisotopic (exact) mass is 435 g/mol. The van der Waals surface area contributed by atoms with Crippen LogP contribution in [0.25, 0.3) is 22.3 Å². The first-order valence-electron chi connectivity index (χ1n) is 9.40. The molecule has 8 heteroatoms. The quantitative estimate of drug-likeness (QED) is 0.681. The molecule has 0 aliphatic carbocycles. The zero-order valence-electron chi connectivity index (χ0n) is 16.8. The van der Waals surface area contributed by atoms with Crippen LogP contribution in [0.3, 0.4) is 0 Å². The molecule has 2 atom stereocenters. The largest absolute Gasteiger partial charge is 0.336 e. The molecule has 0 bridgehead atoms. The van der Waals surface area contributed by atoms with Crippen molar-refractivity contribution >= 4 is 41.8 Å². The van der Waals surface area contributed by atoms with Gasteiger partial charge >= 0.3 is 0 Å². The van der Waals surface area contributed by atoms with Crippen LogP contribution in [0.4, 0.5) is 0 Å². The summed E-state index contributed by atoms with van der Waals surface area (Å²) in [5.74, 6) is 0.406. The van der Waals surface area contributed by atoms with E-state index in [-0.39, 0.29) is 36.8 Å². The Balaban J connectivity index is 0.00000150. The standard InChI is InChI=1S/C21H25N5O.2ClH/c1-13-9-15(11-22)12-26(13)21(27)17-10-18(16-7-5-4-6-8-16)23-20-19(17)14(2)24-25(20)3;;/h4-8,10,13,15H,9,11-12,22H2,1-3H3;2*1H. The van der Waals surface area contributed by atoms with E-state index in [1.54, 1.807) is 4.68 Å².